The van der Waals surface area contributed by atoms with Gasteiger partial charge in [0.2, 0.25) is 11.8 Å². The minimum atomic E-state index is -1.03. The lowest BCUT2D eigenvalue weighted by atomic mass is 9.90. The van der Waals surface area contributed by atoms with E-state index in [2.05, 4.69) is 20.5 Å². The Labute approximate surface area is 202 Å². The maximum Gasteiger partial charge on any atom is 0.251 e. The molecule has 176 valence electrons. The number of methoxy groups -OCH3 is 1. The van der Waals surface area contributed by atoms with Gasteiger partial charge >= 0.3 is 0 Å². The first-order valence-corrected chi connectivity index (χ1v) is 11.7. The van der Waals surface area contributed by atoms with Crippen LogP contribution in [-0.4, -0.2) is 28.2 Å². The predicted molar refractivity (Wildman–Crippen MR) is 129 cm³/mol. The van der Waals surface area contributed by atoms with Crippen LogP contribution in [0.2, 0.25) is 0 Å². The molecule has 0 spiro atoms. The zero-order valence-electron chi connectivity index (χ0n) is 19.3. The van der Waals surface area contributed by atoms with Crippen LogP contribution in [0.5, 0.6) is 0 Å². The largest absolute Gasteiger partial charge is 0.423 e. The normalized spacial score (nSPS) is 13.9. The Morgan fingerprint density at radius 1 is 1.21 bits per heavy atom. The number of nitrogens with two attached hydrogens (primary N) is 1. The summed E-state index contributed by atoms with van der Waals surface area (Å²) < 4.78 is 11.6. The highest BCUT2D eigenvalue weighted by atomic mass is 32.1. The third-order valence-electron chi connectivity index (χ3n) is 5.42. The van der Waals surface area contributed by atoms with Crippen molar-refractivity contribution in [1.82, 2.24) is 20.5 Å². The fourth-order valence-electron chi connectivity index (χ4n) is 3.75. The molecule has 4 aromatic rings. The lowest BCUT2D eigenvalue weighted by Crippen LogP contribution is -2.41. The molecule has 2 heterocycles. The van der Waals surface area contributed by atoms with Gasteiger partial charge in [-0.15, -0.1) is 21.5 Å². The van der Waals surface area contributed by atoms with Gasteiger partial charge < -0.3 is 20.2 Å². The van der Waals surface area contributed by atoms with E-state index in [0.717, 1.165) is 21.8 Å². The van der Waals surface area contributed by atoms with E-state index in [0.29, 0.717) is 24.4 Å². The monoisotopic (exact) mass is 477 g/mol. The summed E-state index contributed by atoms with van der Waals surface area (Å²) in [5, 5.41) is 14.1. The second-order valence-electron chi connectivity index (χ2n) is 8.25. The van der Waals surface area contributed by atoms with Gasteiger partial charge in [-0.25, -0.2) is 4.98 Å². The number of hydrogen-bond donors (Lipinski definition) is 2. The van der Waals surface area contributed by atoms with Crippen LogP contribution in [0, 0.1) is 6.92 Å². The Morgan fingerprint density at radius 3 is 2.71 bits per heavy atom. The molecule has 0 saturated carbocycles. The zero-order valence-corrected chi connectivity index (χ0v) is 20.1. The summed E-state index contributed by atoms with van der Waals surface area (Å²) >= 11 is 1.53. The van der Waals surface area contributed by atoms with Crippen LogP contribution in [-0.2, 0) is 23.2 Å². The first-order chi connectivity index (χ1) is 16.4. The van der Waals surface area contributed by atoms with Gasteiger partial charge in [-0.2, -0.15) is 0 Å². The van der Waals surface area contributed by atoms with Gasteiger partial charge in [0.1, 0.15) is 16.7 Å². The minimum absolute atomic E-state index is 0.166. The van der Waals surface area contributed by atoms with Gasteiger partial charge in [0.15, 0.2) is 0 Å². The van der Waals surface area contributed by atoms with Crippen molar-refractivity contribution < 1.29 is 13.9 Å². The average Bonchev–Trinajstić information content (AvgIpc) is 3.48. The smallest absolute Gasteiger partial charge is 0.251 e. The van der Waals surface area contributed by atoms with Crippen molar-refractivity contribution >= 4 is 17.2 Å². The van der Waals surface area contributed by atoms with Crippen LogP contribution >= 0.6 is 11.3 Å². The number of nitrogens with one attached hydrogen (secondary N) is 1. The molecular formula is C25H27N5O3S. The predicted octanol–water partition coefficient (Wildman–Crippen LogP) is 3.92. The highest BCUT2D eigenvalue weighted by Crippen LogP contribution is 2.34. The number of ether oxygens (including phenoxy) is 1. The van der Waals surface area contributed by atoms with Gasteiger partial charge in [0.25, 0.3) is 5.91 Å². The second kappa shape index (κ2) is 10.3. The average molecular weight is 478 g/mol. The molecule has 2 atom stereocenters. The van der Waals surface area contributed by atoms with Crippen molar-refractivity contribution in [3.63, 3.8) is 0 Å². The summed E-state index contributed by atoms with van der Waals surface area (Å²) in [5.41, 5.74) is 8.86. The highest BCUT2D eigenvalue weighted by molar-refractivity contribution is 7.09. The fraction of sp³-hybridized carbons (Fsp3) is 0.280. The molecule has 0 aliphatic carbocycles. The Balaban J connectivity index is 1.45. The molecule has 0 saturated heterocycles. The van der Waals surface area contributed by atoms with E-state index in [9.17, 15) is 4.79 Å². The van der Waals surface area contributed by atoms with Gasteiger partial charge in [0, 0.05) is 23.7 Å². The number of benzene rings is 2. The summed E-state index contributed by atoms with van der Waals surface area (Å²) in [6.07, 6.45) is -0.0885. The molecule has 8 nitrogen and oxygen atoms in total. The topological polar surface area (TPSA) is 116 Å². The lowest BCUT2D eigenvalue weighted by Gasteiger charge is -2.30. The van der Waals surface area contributed by atoms with Gasteiger partial charge in [0.05, 0.1) is 13.0 Å². The highest BCUT2D eigenvalue weighted by Gasteiger charge is 2.38. The van der Waals surface area contributed by atoms with Crippen LogP contribution in [0.3, 0.4) is 0 Å². The van der Waals surface area contributed by atoms with Gasteiger partial charge in [-0.05, 0) is 37.1 Å². The summed E-state index contributed by atoms with van der Waals surface area (Å²) in [6.45, 7) is 4.13. The molecule has 3 N–H and O–H groups in total. The van der Waals surface area contributed by atoms with E-state index in [4.69, 9.17) is 14.9 Å². The Morgan fingerprint density at radius 2 is 2.00 bits per heavy atom. The molecular weight excluding hydrogens is 450 g/mol. The number of nitrogens with zero attached hydrogens (tertiary/aromatic N) is 3. The maximum absolute atomic E-state index is 12.6. The van der Waals surface area contributed by atoms with Crippen molar-refractivity contribution in [3.8, 4) is 0 Å². The number of carbonyl (C=O) groups is 1. The van der Waals surface area contributed by atoms with Crippen molar-refractivity contribution in [1.29, 1.82) is 0 Å². The lowest BCUT2D eigenvalue weighted by molar-refractivity contribution is 0.0271. The number of thiazole rings is 1. The van der Waals surface area contributed by atoms with E-state index >= 15 is 0 Å². The number of carbonyl (C=O) groups excluding carboxylic acids is 1. The van der Waals surface area contributed by atoms with Crippen molar-refractivity contribution in [2.45, 2.75) is 38.5 Å². The summed E-state index contributed by atoms with van der Waals surface area (Å²) in [5.74, 6) is 0.525. The quantitative estimate of drug-likeness (QED) is 0.375. The van der Waals surface area contributed by atoms with E-state index < -0.39 is 11.6 Å². The molecule has 0 radical (unpaired) electrons. The molecule has 4 rings (SSSR count). The van der Waals surface area contributed by atoms with E-state index in [1.54, 1.807) is 20.1 Å². The SMILES string of the molecule is COC(c1ccccc1)C(C)(N)c1nnc(Cc2cccc(C(=O)NCc3nc(C)cs3)c2)o1. The number of aryl methyl sites for hydroxylation is 1. The molecule has 0 aliphatic rings. The van der Waals surface area contributed by atoms with Crippen LogP contribution in [0.15, 0.2) is 64.4 Å². The summed E-state index contributed by atoms with van der Waals surface area (Å²) in [7, 11) is 1.60. The molecule has 34 heavy (non-hydrogen) atoms. The third kappa shape index (κ3) is 5.39. The number of rotatable bonds is 9. The molecule has 2 aromatic heterocycles. The van der Waals surface area contributed by atoms with Gasteiger partial charge in [-0.1, -0.05) is 42.5 Å². The summed E-state index contributed by atoms with van der Waals surface area (Å²) in [6, 6.07) is 17.0. The van der Waals surface area contributed by atoms with Gasteiger partial charge in [-0.3, -0.25) is 4.79 Å². The standard InChI is InChI=1S/C25H27N5O3S/c1-16-15-34-21(28-16)14-27-23(31)19-11-7-8-17(12-19)13-20-29-30-24(33-20)25(2,26)22(32-3)18-9-5-4-6-10-18/h4-12,15,22H,13-14,26H2,1-3H3,(H,27,31). The molecule has 2 unspecified atom stereocenters. The van der Waals surface area contributed by atoms with Crippen LogP contribution in [0.1, 0.15) is 57.0 Å². The first kappa shape index (κ1) is 23.7. The van der Waals surface area contributed by atoms with E-state index in [1.807, 2.05) is 60.8 Å². The molecule has 0 aliphatic heterocycles. The second-order valence-corrected chi connectivity index (χ2v) is 9.20. The number of hydrogen-bond acceptors (Lipinski definition) is 8. The molecule has 9 heteroatoms. The van der Waals surface area contributed by atoms with Crippen molar-refractivity contribution in [2.75, 3.05) is 7.11 Å². The summed E-state index contributed by atoms with van der Waals surface area (Å²) in [4.78, 5) is 17.0. The Kier molecular flexibility index (Phi) is 7.16. The molecule has 0 bridgehead atoms. The Hall–Kier alpha value is -3.40. The number of aromatic nitrogens is 3. The minimum Gasteiger partial charge on any atom is -0.423 e. The first-order valence-electron chi connectivity index (χ1n) is 10.8. The molecule has 1 amide bonds. The van der Waals surface area contributed by atoms with Crippen LogP contribution in [0.25, 0.3) is 0 Å². The molecule has 2 aromatic carbocycles. The maximum atomic E-state index is 12.6. The zero-order chi connectivity index (χ0) is 24.1. The molecule has 0 fully saturated rings. The number of amides is 1. The van der Waals surface area contributed by atoms with Crippen LogP contribution in [0.4, 0.5) is 0 Å². The van der Waals surface area contributed by atoms with E-state index in [-0.39, 0.29) is 11.8 Å². The van der Waals surface area contributed by atoms with Crippen molar-refractivity contribution in [3.05, 3.63) is 99.2 Å². The Bertz CT molecular complexity index is 1250. The van der Waals surface area contributed by atoms with E-state index in [1.165, 1.54) is 11.3 Å². The van der Waals surface area contributed by atoms with Crippen LogP contribution < -0.4 is 11.1 Å². The van der Waals surface area contributed by atoms with Crippen molar-refractivity contribution in [2.24, 2.45) is 5.73 Å². The fourth-order valence-corrected chi connectivity index (χ4v) is 4.46. The third-order valence-corrected chi connectivity index (χ3v) is 6.39.